The Hall–Kier alpha value is -2.98. The van der Waals surface area contributed by atoms with Gasteiger partial charge in [0.2, 0.25) is 0 Å². The van der Waals surface area contributed by atoms with Crippen molar-refractivity contribution >= 4 is 0 Å². The molecule has 0 aliphatic rings. The van der Waals surface area contributed by atoms with Crippen LogP contribution >= 0.6 is 0 Å². The highest BCUT2D eigenvalue weighted by atomic mass is 16.3. The summed E-state index contributed by atoms with van der Waals surface area (Å²) in [7, 11) is 0. The van der Waals surface area contributed by atoms with E-state index in [9.17, 15) is 20.7 Å². The van der Waals surface area contributed by atoms with Gasteiger partial charge < -0.3 is 10.2 Å². The molecule has 0 unspecified atom stereocenters. The van der Waals surface area contributed by atoms with Crippen molar-refractivity contribution in [2.75, 3.05) is 0 Å². The van der Waals surface area contributed by atoms with Crippen molar-refractivity contribution in [3.05, 3.63) is 58.1 Å². The average Bonchev–Trinajstić information content (AvgIpc) is 2.51. The zero-order chi connectivity index (χ0) is 16.3. The van der Waals surface area contributed by atoms with E-state index in [2.05, 4.69) is 13.8 Å². The van der Waals surface area contributed by atoms with E-state index in [0.29, 0.717) is 17.9 Å². The summed E-state index contributed by atoms with van der Waals surface area (Å²) in [6.45, 7) is 4.21. The molecule has 0 radical (unpaired) electrons. The predicted octanol–water partition coefficient (Wildman–Crippen LogP) is 3.56. The van der Waals surface area contributed by atoms with Gasteiger partial charge in [0.1, 0.15) is 11.6 Å². The van der Waals surface area contributed by atoms with Gasteiger partial charge in [0.05, 0.1) is 11.6 Å². The minimum atomic E-state index is -0.477. The molecule has 0 amide bonds. The first-order chi connectivity index (χ1) is 10.5. The first-order valence-electron chi connectivity index (χ1n) is 6.94. The molecule has 0 saturated heterocycles. The van der Waals surface area contributed by atoms with Crippen molar-refractivity contribution in [3.8, 4) is 23.6 Å². The van der Waals surface area contributed by atoms with Crippen LogP contribution in [0.25, 0.3) is 0 Å². The van der Waals surface area contributed by atoms with Crippen LogP contribution in [0.1, 0.15) is 47.6 Å². The van der Waals surface area contributed by atoms with Crippen LogP contribution in [-0.4, -0.2) is 10.2 Å². The van der Waals surface area contributed by atoms with Gasteiger partial charge in [-0.05, 0) is 22.6 Å². The fourth-order valence-corrected chi connectivity index (χ4v) is 2.33. The van der Waals surface area contributed by atoms with Crippen molar-refractivity contribution < 1.29 is 10.2 Å². The SMILES string of the molecule is CC(C)c1ccc(Cc2c(C#N)cc(O)c(O)c2C#N)cc1. The van der Waals surface area contributed by atoms with Crippen molar-refractivity contribution in [2.45, 2.75) is 26.2 Å². The second-order valence-electron chi connectivity index (χ2n) is 5.44. The minimum absolute atomic E-state index is 0.0514. The lowest BCUT2D eigenvalue weighted by Gasteiger charge is -2.11. The van der Waals surface area contributed by atoms with Crippen LogP contribution in [-0.2, 0) is 6.42 Å². The second kappa shape index (κ2) is 6.20. The van der Waals surface area contributed by atoms with Crippen molar-refractivity contribution in [1.29, 1.82) is 10.5 Å². The summed E-state index contributed by atoms with van der Waals surface area (Å²) >= 11 is 0. The first-order valence-corrected chi connectivity index (χ1v) is 6.94. The standard InChI is InChI=1S/C18H16N2O2/c1-11(2)13-5-3-12(4-6-13)7-15-14(9-19)8-17(21)18(22)16(15)10-20/h3-6,8,11,21-22H,7H2,1-2H3. The summed E-state index contributed by atoms with van der Waals surface area (Å²) in [5.41, 5.74) is 2.71. The summed E-state index contributed by atoms with van der Waals surface area (Å²) in [6, 6.07) is 12.9. The molecule has 2 rings (SSSR count). The molecule has 0 heterocycles. The fraction of sp³-hybridized carbons (Fsp3) is 0.222. The van der Waals surface area contributed by atoms with Gasteiger partial charge in [0.25, 0.3) is 0 Å². The third-order valence-corrected chi connectivity index (χ3v) is 3.65. The highest BCUT2D eigenvalue weighted by Gasteiger charge is 2.17. The highest BCUT2D eigenvalue weighted by Crippen LogP contribution is 2.34. The van der Waals surface area contributed by atoms with Crippen LogP contribution in [0.3, 0.4) is 0 Å². The Labute approximate surface area is 129 Å². The summed E-state index contributed by atoms with van der Waals surface area (Å²) in [6.07, 6.45) is 0.345. The molecule has 0 aliphatic heterocycles. The van der Waals surface area contributed by atoms with Gasteiger partial charge in [0, 0.05) is 12.5 Å². The van der Waals surface area contributed by atoms with Crippen LogP contribution in [0, 0.1) is 22.7 Å². The van der Waals surface area contributed by atoms with Gasteiger partial charge in [-0.25, -0.2) is 0 Å². The lowest BCUT2D eigenvalue weighted by Crippen LogP contribution is -1.98. The fourth-order valence-electron chi connectivity index (χ4n) is 2.33. The first kappa shape index (κ1) is 15.4. The highest BCUT2D eigenvalue weighted by molar-refractivity contribution is 5.62. The van der Waals surface area contributed by atoms with Crippen molar-refractivity contribution in [1.82, 2.24) is 0 Å². The zero-order valence-electron chi connectivity index (χ0n) is 12.5. The number of rotatable bonds is 3. The van der Waals surface area contributed by atoms with E-state index >= 15 is 0 Å². The quantitative estimate of drug-likeness (QED) is 0.847. The topological polar surface area (TPSA) is 88.0 Å². The number of aromatic hydroxyl groups is 2. The number of nitrogens with zero attached hydrogens (tertiary/aromatic N) is 2. The lowest BCUT2D eigenvalue weighted by molar-refractivity contribution is 0.402. The van der Waals surface area contributed by atoms with Gasteiger partial charge >= 0.3 is 0 Å². The summed E-state index contributed by atoms with van der Waals surface area (Å²) in [5, 5.41) is 37.8. The maximum absolute atomic E-state index is 9.81. The molecule has 0 aromatic heterocycles. The minimum Gasteiger partial charge on any atom is -0.504 e. The van der Waals surface area contributed by atoms with Gasteiger partial charge in [-0.15, -0.1) is 0 Å². The van der Waals surface area contributed by atoms with Crippen molar-refractivity contribution in [2.24, 2.45) is 0 Å². The van der Waals surface area contributed by atoms with Gasteiger partial charge in [-0.3, -0.25) is 0 Å². The average molecular weight is 292 g/mol. The zero-order valence-corrected chi connectivity index (χ0v) is 12.5. The largest absolute Gasteiger partial charge is 0.504 e. The van der Waals surface area contributed by atoms with Gasteiger partial charge in [-0.1, -0.05) is 38.1 Å². The normalized spacial score (nSPS) is 10.2. The molecule has 0 bridgehead atoms. The molecule has 0 fully saturated rings. The molecule has 0 aliphatic carbocycles. The molecule has 4 nitrogen and oxygen atoms in total. The molecule has 0 saturated carbocycles. The van der Waals surface area contributed by atoms with Crippen LogP contribution in [0.2, 0.25) is 0 Å². The van der Waals surface area contributed by atoms with Gasteiger partial charge in [0.15, 0.2) is 11.5 Å². The van der Waals surface area contributed by atoms with Gasteiger partial charge in [-0.2, -0.15) is 10.5 Å². The molecule has 0 atom stereocenters. The Morgan fingerprint density at radius 2 is 1.68 bits per heavy atom. The molecular weight excluding hydrogens is 276 g/mol. The van der Waals surface area contributed by atoms with E-state index in [4.69, 9.17) is 0 Å². The molecule has 2 N–H and O–H groups in total. The predicted molar refractivity (Wildman–Crippen MR) is 82.5 cm³/mol. The number of hydrogen-bond donors (Lipinski definition) is 2. The van der Waals surface area contributed by atoms with E-state index < -0.39 is 11.5 Å². The molecule has 110 valence electrons. The Morgan fingerprint density at radius 3 is 2.18 bits per heavy atom. The maximum atomic E-state index is 9.81. The third kappa shape index (κ3) is 2.87. The monoisotopic (exact) mass is 292 g/mol. The molecular formula is C18H16N2O2. The summed E-state index contributed by atoms with van der Waals surface area (Å²) in [5.74, 6) is -0.501. The summed E-state index contributed by atoms with van der Waals surface area (Å²) < 4.78 is 0. The van der Waals surface area contributed by atoms with Crippen LogP contribution in [0.4, 0.5) is 0 Å². The van der Waals surface area contributed by atoms with Crippen molar-refractivity contribution in [3.63, 3.8) is 0 Å². The number of benzene rings is 2. The number of hydrogen-bond acceptors (Lipinski definition) is 4. The molecule has 0 spiro atoms. The Kier molecular flexibility index (Phi) is 4.34. The molecule has 4 heteroatoms. The third-order valence-electron chi connectivity index (χ3n) is 3.65. The Bertz CT molecular complexity index is 779. The molecule has 22 heavy (non-hydrogen) atoms. The maximum Gasteiger partial charge on any atom is 0.175 e. The molecule has 2 aromatic carbocycles. The van der Waals surface area contributed by atoms with E-state index in [1.165, 1.54) is 11.6 Å². The Balaban J connectivity index is 2.47. The molecule has 2 aromatic rings. The van der Waals surface area contributed by atoms with Crippen LogP contribution in [0.15, 0.2) is 30.3 Å². The van der Waals surface area contributed by atoms with Crippen LogP contribution in [0.5, 0.6) is 11.5 Å². The lowest BCUT2D eigenvalue weighted by atomic mass is 9.93. The Morgan fingerprint density at radius 1 is 1.05 bits per heavy atom. The number of phenolic OH excluding ortho intramolecular Hbond substituents is 2. The van der Waals surface area contributed by atoms with E-state index in [1.807, 2.05) is 36.4 Å². The van der Waals surface area contributed by atoms with E-state index in [0.717, 1.165) is 5.56 Å². The smallest absolute Gasteiger partial charge is 0.175 e. The van der Waals surface area contributed by atoms with E-state index in [-0.39, 0.29) is 11.1 Å². The summed E-state index contributed by atoms with van der Waals surface area (Å²) in [4.78, 5) is 0. The van der Waals surface area contributed by atoms with E-state index in [1.54, 1.807) is 0 Å². The number of phenols is 2. The number of nitriles is 2. The second-order valence-corrected chi connectivity index (χ2v) is 5.44. The van der Waals surface area contributed by atoms with Crippen LogP contribution < -0.4 is 0 Å².